The number of ether oxygens (including phenoxy) is 5. The van der Waals surface area contributed by atoms with Crippen LogP contribution in [0.5, 0.6) is 17.2 Å². The van der Waals surface area contributed by atoms with Gasteiger partial charge in [-0.15, -0.1) is 6.58 Å². The Labute approximate surface area is 208 Å². The Hall–Kier alpha value is -3.03. The molecule has 0 aliphatic carbocycles. The zero-order valence-corrected chi connectivity index (χ0v) is 20.8. The highest BCUT2D eigenvalue weighted by Crippen LogP contribution is 2.31. The molecule has 0 unspecified atom stereocenters. The van der Waals surface area contributed by atoms with E-state index in [2.05, 4.69) is 11.9 Å². The van der Waals surface area contributed by atoms with Crippen molar-refractivity contribution in [2.45, 2.75) is 44.2 Å². The van der Waals surface area contributed by atoms with E-state index in [-0.39, 0.29) is 12.0 Å². The van der Waals surface area contributed by atoms with Gasteiger partial charge in [-0.05, 0) is 67.6 Å². The number of aryl methyl sites for hydroxylation is 1. The van der Waals surface area contributed by atoms with Gasteiger partial charge in [-0.1, -0.05) is 30.7 Å². The summed E-state index contributed by atoms with van der Waals surface area (Å²) in [5.41, 5.74) is 1.98. The molecule has 0 amide bonds. The average molecular weight is 484 g/mol. The summed E-state index contributed by atoms with van der Waals surface area (Å²) in [4.78, 5) is 13.0. The molecule has 7 heteroatoms. The third kappa shape index (κ3) is 8.30. The number of carbonyl (C=O) groups excluding carboxylic acids is 1. The predicted octanol–water partition coefficient (Wildman–Crippen LogP) is 4.64. The van der Waals surface area contributed by atoms with Gasteiger partial charge in [-0.3, -0.25) is 4.79 Å². The van der Waals surface area contributed by atoms with E-state index >= 15 is 0 Å². The molecule has 1 aliphatic rings. The Morgan fingerprint density at radius 2 is 1.97 bits per heavy atom. The topological polar surface area (TPSA) is 75.2 Å². The highest BCUT2D eigenvalue weighted by molar-refractivity contribution is 5.76. The number of nitrogens with one attached hydrogen (secondary N) is 1. The van der Waals surface area contributed by atoms with Crippen LogP contribution >= 0.6 is 0 Å². The molecule has 1 saturated heterocycles. The van der Waals surface area contributed by atoms with Crippen LogP contribution < -0.4 is 19.5 Å². The molecule has 0 bridgehead atoms. The van der Waals surface area contributed by atoms with E-state index in [1.165, 1.54) is 0 Å². The summed E-state index contributed by atoms with van der Waals surface area (Å²) in [5.74, 6) is 1.88. The zero-order chi connectivity index (χ0) is 24.9. The number of benzene rings is 2. The lowest BCUT2D eigenvalue weighted by Crippen LogP contribution is -2.41. The van der Waals surface area contributed by atoms with Gasteiger partial charge in [0, 0.05) is 0 Å². The molecule has 0 aromatic heterocycles. The molecule has 0 radical (unpaired) electrons. The minimum Gasteiger partial charge on any atom is -0.493 e. The van der Waals surface area contributed by atoms with Crippen molar-refractivity contribution in [3.8, 4) is 17.2 Å². The fourth-order valence-corrected chi connectivity index (χ4v) is 4.09. The first-order valence-corrected chi connectivity index (χ1v) is 12.2. The van der Waals surface area contributed by atoms with E-state index in [9.17, 15) is 4.79 Å². The number of hydrogen-bond donors (Lipinski definition) is 1. The molecular weight excluding hydrogens is 446 g/mol. The van der Waals surface area contributed by atoms with E-state index in [1.807, 2.05) is 42.5 Å². The summed E-state index contributed by atoms with van der Waals surface area (Å²) in [7, 11) is 3.24. The van der Waals surface area contributed by atoms with Gasteiger partial charge in [0.1, 0.15) is 24.5 Å². The molecule has 3 rings (SSSR count). The molecule has 2 atom stereocenters. The molecule has 190 valence electrons. The molecule has 35 heavy (non-hydrogen) atoms. The van der Waals surface area contributed by atoms with Crippen LogP contribution in [0.2, 0.25) is 0 Å². The summed E-state index contributed by atoms with van der Waals surface area (Å²) >= 11 is 0. The van der Waals surface area contributed by atoms with Crippen molar-refractivity contribution >= 4 is 5.97 Å². The number of piperidine rings is 1. The lowest BCUT2D eigenvalue weighted by Gasteiger charge is -2.26. The Bertz CT molecular complexity index is 941. The lowest BCUT2D eigenvalue weighted by molar-refractivity contribution is -0.153. The van der Waals surface area contributed by atoms with Gasteiger partial charge in [-0.2, -0.15) is 0 Å². The van der Waals surface area contributed by atoms with Crippen molar-refractivity contribution in [1.29, 1.82) is 0 Å². The molecular formula is C28H37NO6. The summed E-state index contributed by atoms with van der Waals surface area (Å²) in [6.45, 7) is 5.87. The Kier molecular flexibility index (Phi) is 10.9. The van der Waals surface area contributed by atoms with Gasteiger partial charge < -0.3 is 29.0 Å². The second-order valence-electron chi connectivity index (χ2n) is 8.44. The van der Waals surface area contributed by atoms with Gasteiger partial charge in [0.05, 0.1) is 27.4 Å². The SMILES string of the molecule is C=CCOCCOc1cccc([C@H](CCc2ccc(OC)c(OC)c2)OC(=O)[C@H]2CCCCN2)c1. The maximum Gasteiger partial charge on any atom is 0.323 e. The van der Waals surface area contributed by atoms with Crippen molar-refractivity contribution in [1.82, 2.24) is 5.32 Å². The van der Waals surface area contributed by atoms with E-state index in [1.54, 1.807) is 20.3 Å². The summed E-state index contributed by atoms with van der Waals surface area (Å²) in [6.07, 6.45) is 5.55. The van der Waals surface area contributed by atoms with Crippen LogP contribution in [0, 0.1) is 0 Å². The van der Waals surface area contributed by atoms with Crippen molar-refractivity contribution in [3.63, 3.8) is 0 Å². The molecule has 7 nitrogen and oxygen atoms in total. The van der Waals surface area contributed by atoms with Crippen LogP contribution in [0.3, 0.4) is 0 Å². The molecule has 0 spiro atoms. The highest BCUT2D eigenvalue weighted by Gasteiger charge is 2.26. The average Bonchev–Trinajstić information content (AvgIpc) is 2.91. The van der Waals surface area contributed by atoms with E-state index in [0.29, 0.717) is 49.9 Å². The quantitative estimate of drug-likeness (QED) is 0.238. The predicted molar refractivity (Wildman–Crippen MR) is 135 cm³/mol. The first-order valence-electron chi connectivity index (χ1n) is 12.2. The zero-order valence-electron chi connectivity index (χ0n) is 20.8. The second-order valence-corrected chi connectivity index (χ2v) is 8.44. The molecule has 1 N–H and O–H groups in total. The highest BCUT2D eigenvalue weighted by atomic mass is 16.5. The smallest absolute Gasteiger partial charge is 0.323 e. The molecule has 2 aromatic rings. The number of carbonyl (C=O) groups is 1. The van der Waals surface area contributed by atoms with E-state index in [4.69, 9.17) is 23.7 Å². The lowest BCUT2D eigenvalue weighted by atomic mass is 10.00. The molecule has 1 aliphatic heterocycles. The second kappa shape index (κ2) is 14.4. The van der Waals surface area contributed by atoms with Gasteiger partial charge in [0.2, 0.25) is 0 Å². The fourth-order valence-electron chi connectivity index (χ4n) is 4.09. The van der Waals surface area contributed by atoms with Crippen LogP contribution in [0.4, 0.5) is 0 Å². The third-order valence-electron chi connectivity index (χ3n) is 5.96. The van der Waals surface area contributed by atoms with Crippen molar-refractivity contribution in [3.05, 3.63) is 66.2 Å². The summed E-state index contributed by atoms with van der Waals surface area (Å²) in [5, 5.41) is 3.28. The van der Waals surface area contributed by atoms with Gasteiger partial charge in [0.15, 0.2) is 11.5 Å². The van der Waals surface area contributed by atoms with E-state index in [0.717, 1.165) is 36.9 Å². The third-order valence-corrected chi connectivity index (χ3v) is 5.96. The summed E-state index contributed by atoms with van der Waals surface area (Å²) < 4.78 is 28.1. The van der Waals surface area contributed by atoms with Crippen molar-refractivity contribution < 1.29 is 28.5 Å². The van der Waals surface area contributed by atoms with Crippen LogP contribution in [-0.2, 0) is 20.7 Å². The normalized spacial score (nSPS) is 16.2. The Morgan fingerprint density at radius 1 is 1.11 bits per heavy atom. The van der Waals surface area contributed by atoms with Crippen LogP contribution in [-0.4, -0.2) is 52.6 Å². The number of rotatable bonds is 14. The van der Waals surface area contributed by atoms with Crippen LogP contribution in [0.25, 0.3) is 0 Å². The van der Waals surface area contributed by atoms with Gasteiger partial charge in [-0.25, -0.2) is 0 Å². The number of hydrogen-bond acceptors (Lipinski definition) is 7. The fraction of sp³-hybridized carbons (Fsp3) is 0.464. The largest absolute Gasteiger partial charge is 0.493 e. The molecule has 1 heterocycles. The summed E-state index contributed by atoms with van der Waals surface area (Å²) in [6, 6.07) is 13.3. The molecule has 0 saturated carbocycles. The van der Waals surface area contributed by atoms with Crippen LogP contribution in [0.1, 0.15) is 42.9 Å². The monoisotopic (exact) mass is 483 g/mol. The molecule has 2 aromatic carbocycles. The standard InChI is InChI=1S/C28H37NO6/c1-4-16-33-17-18-34-23-9-7-8-22(20-23)25(35-28(30)24-10-5-6-15-29-24)13-11-21-12-14-26(31-2)27(19-21)32-3/h4,7-9,12,14,19-20,24-25,29H,1,5-6,10-11,13,15-18H2,2-3H3/t24-,25+/m1/s1. The first-order chi connectivity index (χ1) is 17.1. The number of esters is 1. The Morgan fingerprint density at radius 3 is 2.71 bits per heavy atom. The van der Waals surface area contributed by atoms with Crippen LogP contribution in [0.15, 0.2) is 55.1 Å². The van der Waals surface area contributed by atoms with Gasteiger partial charge in [0.25, 0.3) is 0 Å². The van der Waals surface area contributed by atoms with Crippen molar-refractivity contribution in [2.24, 2.45) is 0 Å². The van der Waals surface area contributed by atoms with Gasteiger partial charge >= 0.3 is 5.97 Å². The maximum absolute atomic E-state index is 13.0. The number of methoxy groups -OCH3 is 2. The maximum atomic E-state index is 13.0. The Balaban J connectivity index is 1.71. The van der Waals surface area contributed by atoms with E-state index < -0.39 is 6.10 Å². The van der Waals surface area contributed by atoms with Crippen molar-refractivity contribution in [2.75, 3.05) is 40.6 Å². The minimum absolute atomic E-state index is 0.203. The molecule has 1 fully saturated rings. The minimum atomic E-state index is -0.403. The first kappa shape index (κ1) is 26.6.